The number of ether oxygens (including phenoxy) is 1. The highest BCUT2D eigenvalue weighted by molar-refractivity contribution is 6.17. The molecule has 6 heteroatoms. The second kappa shape index (κ2) is 8.75. The van der Waals surface area contributed by atoms with Crippen molar-refractivity contribution in [3.63, 3.8) is 0 Å². The second-order valence-corrected chi connectivity index (χ2v) is 8.44. The number of carbonyl (C=O) groups excluding carboxylic acids is 2. The monoisotopic (exact) mass is 427 g/mol. The molecule has 2 heterocycles. The van der Waals surface area contributed by atoms with Crippen LogP contribution in [0.25, 0.3) is 0 Å². The van der Waals surface area contributed by atoms with Gasteiger partial charge >= 0.3 is 0 Å². The number of fused-ring (bicyclic) bond motifs is 1. The van der Waals surface area contributed by atoms with E-state index in [4.69, 9.17) is 9.73 Å². The van der Waals surface area contributed by atoms with Gasteiger partial charge in [-0.25, -0.2) is 0 Å². The third-order valence-electron chi connectivity index (χ3n) is 5.41. The number of anilines is 1. The Bertz CT molecular complexity index is 1180. The predicted octanol–water partition coefficient (Wildman–Crippen LogP) is 4.74. The van der Waals surface area contributed by atoms with Crippen LogP contribution in [0.4, 0.5) is 5.69 Å². The Labute approximate surface area is 187 Å². The van der Waals surface area contributed by atoms with E-state index in [1.54, 1.807) is 49.7 Å². The fraction of sp³-hybridized carbons (Fsp3) is 0.231. The molecule has 0 saturated carbocycles. The number of benzene rings is 2. The van der Waals surface area contributed by atoms with Crippen LogP contribution in [0.15, 0.2) is 72.0 Å². The Kier molecular flexibility index (Phi) is 5.86. The summed E-state index contributed by atoms with van der Waals surface area (Å²) in [7, 11) is 1.63. The molecule has 4 rings (SSSR count). The molecular formula is C26H25N3O3. The van der Waals surface area contributed by atoms with Crippen molar-refractivity contribution < 1.29 is 14.3 Å². The second-order valence-electron chi connectivity index (χ2n) is 8.44. The Morgan fingerprint density at radius 2 is 1.84 bits per heavy atom. The molecule has 0 fully saturated rings. The maximum absolute atomic E-state index is 13.0. The van der Waals surface area contributed by atoms with Crippen LogP contribution >= 0.6 is 0 Å². The molecule has 162 valence electrons. The van der Waals surface area contributed by atoms with Crippen molar-refractivity contribution in [1.29, 1.82) is 0 Å². The zero-order chi connectivity index (χ0) is 22.7. The van der Waals surface area contributed by atoms with E-state index in [9.17, 15) is 9.59 Å². The van der Waals surface area contributed by atoms with Gasteiger partial charge in [-0.2, -0.15) is 0 Å². The summed E-state index contributed by atoms with van der Waals surface area (Å²) in [5, 5.41) is 2.81. The number of pyridine rings is 1. The molecule has 0 spiro atoms. The highest BCUT2D eigenvalue weighted by Gasteiger charge is 2.28. The highest BCUT2D eigenvalue weighted by atomic mass is 16.5. The molecule has 2 aromatic carbocycles. The molecule has 1 aliphatic heterocycles. The van der Waals surface area contributed by atoms with Gasteiger partial charge in [-0.15, -0.1) is 0 Å². The van der Waals surface area contributed by atoms with E-state index in [1.807, 2.05) is 12.1 Å². The first-order valence-electron chi connectivity index (χ1n) is 10.5. The van der Waals surface area contributed by atoms with Gasteiger partial charge in [-0.1, -0.05) is 6.07 Å². The van der Waals surface area contributed by atoms with Crippen molar-refractivity contribution in [2.75, 3.05) is 12.4 Å². The van der Waals surface area contributed by atoms with Crippen molar-refractivity contribution >= 4 is 23.1 Å². The van der Waals surface area contributed by atoms with E-state index in [0.29, 0.717) is 16.8 Å². The van der Waals surface area contributed by atoms with Gasteiger partial charge in [0.1, 0.15) is 5.75 Å². The Balaban J connectivity index is 1.50. The van der Waals surface area contributed by atoms with Gasteiger partial charge in [0, 0.05) is 29.2 Å². The third-order valence-corrected chi connectivity index (χ3v) is 5.41. The molecule has 0 aliphatic carbocycles. The minimum Gasteiger partial charge on any atom is -0.497 e. The molecule has 0 atom stereocenters. The molecule has 3 aromatic rings. The number of carbonyl (C=O) groups is 2. The number of nitrogens with zero attached hydrogens (tertiary/aromatic N) is 2. The molecule has 32 heavy (non-hydrogen) atoms. The first kappa shape index (κ1) is 21.4. The fourth-order valence-corrected chi connectivity index (χ4v) is 3.87. The Morgan fingerprint density at radius 1 is 1.06 bits per heavy atom. The van der Waals surface area contributed by atoms with Crippen molar-refractivity contribution in [2.24, 2.45) is 4.99 Å². The largest absolute Gasteiger partial charge is 0.497 e. The minimum atomic E-state index is -0.266. The van der Waals surface area contributed by atoms with Gasteiger partial charge in [-0.05, 0) is 74.4 Å². The summed E-state index contributed by atoms with van der Waals surface area (Å²) in [4.78, 5) is 34.1. The summed E-state index contributed by atoms with van der Waals surface area (Å²) in [6.45, 7) is 4.15. The number of amides is 1. The lowest BCUT2D eigenvalue weighted by Gasteiger charge is -2.29. The van der Waals surface area contributed by atoms with Gasteiger partial charge < -0.3 is 10.1 Å². The van der Waals surface area contributed by atoms with E-state index in [2.05, 4.69) is 30.2 Å². The van der Waals surface area contributed by atoms with E-state index in [-0.39, 0.29) is 23.7 Å². The number of nitrogens with one attached hydrogen (secondary N) is 1. The normalized spacial score (nSPS) is 14.2. The lowest BCUT2D eigenvalue weighted by Crippen LogP contribution is -2.30. The zero-order valence-electron chi connectivity index (χ0n) is 18.4. The van der Waals surface area contributed by atoms with Gasteiger partial charge in [0.15, 0.2) is 5.78 Å². The number of rotatable bonds is 6. The topological polar surface area (TPSA) is 80.6 Å². The summed E-state index contributed by atoms with van der Waals surface area (Å²) < 4.78 is 5.37. The van der Waals surface area contributed by atoms with Crippen molar-refractivity contribution in [1.82, 2.24) is 4.98 Å². The maximum atomic E-state index is 13.0. The van der Waals surface area contributed by atoms with Crippen LogP contribution in [0.5, 0.6) is 5.75 Å². The first-order chi connectivity index (χ1) is 15.3. The van der Waals surface area contributed by atoms with Crippen LogP contribution in [0.3, 0.4) is 0 Å². The number of ketones is 1. The molecule has 6 nitrogen and oxygen atoms in total. The number of methoxy groups -OCH3 is 1. The molecule has 1 N–H and O–H groups in total. The summed E-state index contributed by atoms with van der Waals surface area (Å²) in [6, 6.07) is 16.3. The zero-order valence-corrected chi connectivity index (χ0v) is 18.4. The maximum Gasteiger partial charge on any atom is 0.257 e. The van der Waals surface area contributed by atoms with Gasteiger partial charge in [0.25, 0.3) is 5.91 Å². The van der Waals surface area contributed by atoms with Crippen LogP contribution in [-0.2, 0) is 6.42 Å². The fourth-order valence-electron chi connectivity index (χ4n) is 3.87. The lowest BCUT2D eigenvalue weighted by atomic mass is 9.85. The Morgan fingerprint density at radius 3 is 2.53 bits per heavy atom. The summed E-state index contributed by atoms with van der Waals surface area (Å²) in [5.41, 5.74) is 4.30. The lowest BCUT2D eigenvalue weighted by molar-refractivity contribution is 0.0998. The van der Waals surface area contributed by atoms with Crippen LogP contribution in [-0.4, -0.2) is 35.0 Å². The SMILES string of the molecule is COc1ccc2c(c1)C(CC(=O)c1ccc(NC(=O)c3cccnc3)cc1)=NC(C)(C)C2. The number of hydrogen-bond acceptors (Lipinski definition) is 5. The summed E-state index contributed by atoms with van der Waals surface area (Å²) >= 11 is 0. The van der Waals surface area contributed by atoms with Crippen LogP contribution in [0.2, 0.25) is 0 Å². The molecule has 0 unspecified atom stereocenters. The number of Topliss-reactive ketones (excluding diaryl/α,β-unsaturated/α-hetero) is 1. The van der Waals surface area contributed by atoms with Crippen LogP contribution < -0.4 is 10.1 Å². The van der Waals surface area contributed by atoms with Gasteiger partial charge in [0.2, 0.25) is 0 Å². The molecule has 1 aromatic heterocycles. The van der Waals surface area contributed by atoms with Crippen LogP contribution in [0, 0.1) is 0 Å². The van der Waals surface area contributed by atoms with E-state index >= 15 is 0 Å². The average Bonchev–Trinajstić information content (AvgIpc) is 2.79. The van der Waals surface area contributed by atoms with E-state index < -0.39 is 0 Å². The van der Waals surface area contributed by atoms with Crippen LogP contribution in [0.1, 0.15) is 52.1 Å². The van der Waals surface area contributed by atoms with Gasteiger partial charge in [0.05, 0.1) is 30.3 Å². The number of aromatic nitrogens is 1. The standard InChI is InChI=1S/C26H25N3O3/c1-26(2)15-18-8-11-21(32-3)13-22(18)23(29-26)14-24(30)17-6-9-20(10-7-17)28-25(31)19-5-4-12-27-16-19/h4-13,16H,14-15H2,1-3H3,(H,28,31). The Hall–Kier alpha value is -3.80. The third kappa shape index (κ3) is 4.75. The summed E-state index contributed by atoms with van der Waals surface area (Å²) in [6.07, 6.45) is 4.14. The van der Waals surface area contributed by atoms with Gasteiger partial charge in [-0.3, -0.25) is 19.6 Å². The molecule has 1 aliphatic rings. The van der Waals surface area contributed by atoms with Crippen molar-refractivity contribution in [3.8, 4) is 5.75 Å². The molecular weight excluding hydrogens is 402 g/mol. The quantitative estimate of drug-likeness (QED) is 0.576. The average molecular weight is 428 g/mol. The van der Waals surface area contributed by atoms with Crippen molar-refractivity contribution in [3.05, 3.63) is 89.2 Å². The molecule has 1 amide bonds. The van der Waals surface area contributed by atoms with E-state index in [0.717, 1.165) is 23.4 Å². The van der Waals surface area contributed by atoms with E-state index in [1.165, 1.54) is 11.8 Å². The number of aliphatic imine (C=N–C) groups is 1. The minimum absolute atomic E-state index is 0.0274. The highest BCUT2D eigenvalue weighted by Crippen LogP contribution is 2.31. The smallest absolute Gasteiger partial charge is 0.257 e. The van der Waals surface area contributed by atoms with Crippen molar-refractivity contribution in [2.45, 2.75) is 32.2 Å². The first-order valence-corrected chi connectivity index (χ1v) is 10.5. The molecule has 0 bridgehead atoms. The molecule has 0 saturated heterocycles. The predicted molar refractivity (Wildman–Crippen MR) is 125 cm³/mol. The molecule has 0 radical (unpaired) electrons. The summed E-state index contributed by atoms with van der Waals surface area (Å²) in [5.74, 6) is 0.471. The number of hydrogen-bond donors (Lipinski definition) is 1.